The summed E-state index contributed by atoms with van der Waals surface area (Å²) >= 11 is 4.04. The van der Waals surface area contributed by atoms with E-state index in [1.165, 1.54) is 34.9 Å². The molecule has 1 aliphatic heterocycles. The molecule has 1 aromatic carbocycles. The van der Waals surface area contributed by atoms with Gasteiger partial charge >= 0.3 is 0 Å². The van der Waals surface area contributed by atoms with Gasteiger partial charge in [0.15, 0.2) is 5.13 Å². The van der Waals surface area contributed by atoms with Crippen LogP contribution in [-0.2, 0) is 9.59 Å². The van der Waals surface area contributed by atoms with Gasteiger partial charge in [0, 0.05) is 10.9 Å². The van der Waals surface area contributed by atoms with Crippen LogP contribution >= 0.6 is 34.9 Å². The van der Waals surface area contributed by atoms with Crippen molar-refractivity contribution in [3.8, 4) is 11.3 Å². The Kier molecular flexibility index (Phi) is 4.91. The van der Waals surface area contributed by atoms with Gasteiger partial charge in [0.05, 0.1) is 17.2 Å². The second-order valence-electron chi connectivity index (χ2n) is 4.30. The number of benzene rings is 1. The molecule has 5 nitrogen and oxygen atoms in total. The van der Waals surface area contributed by atoms with Crippen LogP contribution < -0.4 is 5.32 Å². The number of carbonyl (C=O) groups is 2. The molecular formula is C14H11N3O2S3. The van der Waals surface area contributed by atoms with Crippen molar-refractivity contribution in [3.05, 3.63) is 35.7 Å². The van der Waals surface area contributed by atoms with Crippen molar-refractivity contribution in [1.82, 2.24) is 4.98 Å². The zero-order valence-corrected chi connectivity index (χ0v) is 13.8. The molecule has 112 valence electrons. The van der Waals surface area contributed by atoms with Gasteiger partial charge in [0.25, 0.3) is 5.91 Å². The van der Waals surface area contributed by atoms with E-state index in [0.717, 1.165) is 11.3 Å². The highest BCUT2D eigenvalue weighted by Gasteiger charge is 2.16. The molecule has 0 saturated heterocycles. The molecule has 0 radical (unpaired) electrons. The van der Waals surface area contributed by atoms with E-state index in [1.807, 2.05) is 35.7 Å². The smallest absolute Gasteiger partial charge is 0.257 e. The number of carbonyl (C=O) groups excluding carboxylic acids is 2. The van der Waals surface area contributed by atoms with Gasteiger partial charge in [-0.1, -0.05) is 53.9 Å². The molecule has 1 aliphatic rings. The van der Waals surface area contributed by atoms with Crippen LogP contribution in [0.15, 0.2) is 40.7 Å². The fourth-order valence-electron chi connectivity index (χ4n) is 1.72. The maximum Gasteiger partial charge on any atom is 0.257 e. The summed E-state index contributed by atoms with van der Waals surface area (Å²) in [6.45, 7) is 0. The molecule has 0 bridgehead atoms. The maximum absolute atomic E-state index is 11.9. The monoisotopic (exact) mass is 349 g/mol. The van der Waals surface area contributed by atoms with Crippen molar-refractivity contribution >= 4 is 56.2 Å². The SMILES string of the molecule is O=C1CSC(SCC(=O)Nc2nc(-c3ccccc3)cs2)=N1. The number of thioether (sulfide) groups is 2. The maximum atomic E-state index is 11.9. The second-order valence-corrected chi connectivity index (χ2v) is 7.35. The minimum Gasteiger partial charge on any atom is -0.301 e. The van der Waals surface area contributed by atoms with Crippen LogP contribution in [0.25, 0.3) is 11.3 Å². The number of thiazole rings is 1. The Morgan fingerprint density at radius 1 is 1.32 bits per heavy atom. The van der Waals surface area contributed by atoms with Crippen LogP contribution in [0.1, 0.15) is 0 Å². The summed E-state index contributed by atoms with van der Waals surface area (Å²) in [5, 5.41) is 5.25. The molecule has 22 heavy (non-hydrogen) atoms. The first-order valence-electron chi connectivity index (χ1n) is 6.38. The highest BCUT2D eigenvalue weighted by atomic mass is 32.2. The van der Waals surface area contributed by atoms with Crippen LogP contribution in [-0.4, -0.2) is 32.7 Å². The van der Waals surface area contributed by atoms with E-state index in [2.05, 4.69) is 15.3 Å². The van der Waals surface area contributed by atoms with E-state index in [9.17, 15) is 9.59 Å². The summed E-state index contributed by atoms with van der Waals surface area (Å²) < 4.78 is 0.657. The van der Waals surface area contributed by atoms with Crippen molar-refractivity contribution < 1.29 is 9.59 Å². The summed E-state index contributed by atoms with van der Waals surface area (Å²) in [6, 6.07) is 9.80. The molecule has 0 saturated carbocycles. The lowest BCUT2D eigenvalue weighted by Gasteiger charge is -2.00. The second kappa shape index (κ2) is 7.08. The lowest BCUT2D eigenvalue weighted by Crippen LogP contribution is -2.14. The minimum absolute atomic E-state index is 0.139. The quantitative estimate of drug-likeness (QED) is 0.918. The van der Waals surface area contributed by atoms with Crippen molar-refractivity contribution in [1.29, 1.82) is 0 Å². The summed E-state index contributed by atoms with van der Waals surface area (Å²) in [5.74, 6) is 0.304. The van der Waals surface area contributed by atoms with Crippen molar-refractivity contribution in [3.63, 3.8) is 0 Å². The Morgan fingerprint density at radius 3 is 2.86 bits per heavy atom. The number of anilines is 1. The molecule has 8 heteroatoms. The standard InChI is InChI=1S/C14H11N3O2S3/c18-11(7-21-14-17-12(19)8-22-14)16-13-15-10(6-20-13)9-4-2-1-3-5-9/h1-6H,7-8H2,(H,15,16,18). The molecule has 1 aromatic heterocycles. The van der Waals surface area contributed by atoms with E-state index in [4.69, 9.17) is 0 Å². The molecule has 2 aromatic rings. The number of hydrogen-bond acceptors (Lipinski definition) is 6. The normalized spacial score (nSPS) is 14.0. The van der Waals surface area contributed by atoms with Crippen LogP contribution in [0.4, 0.5) is 5.13 Å². The lowest BCUT2D eigenvalue weighted by molar-refractivity contribution is -0.115. The third-order valence-corrected chi connectivity index (χ3v) is 5.62. The topological polar surface area (TPSA) is 71.4 Å². The van der Waals surface area contributed by atoms with Crippen molar-refractivity contribution in [2.75, 3.05) is 16.8 Å². The Morgan fingerprint density at radius 2 is 2.14 bits per heavy atom. The van der Waals surface area contributed by atoms with Crippen molar-refractivity contribution in [2.45, 2.75) is 0 Å². The highest BCUT2D eigenvalue weighted by molar-refractivity contribution is 8.39. The van der Waals surface area contributed by atoms with Gasteiger partial charge in [0.1, 0.15) is 4.38 Å². The number of rotatable bonds is 4. The van der Waals surface area contributed by atoms with Crippen LogP contribution in [0, 0.1) is 0 Å². The van der Waals surface area contributed by atoms with Crippen molar-refractivity contribution in [2.24, 2.45) is 4.99 Å². The van der Waals surface area contributed by atoms with Crippen LogP contribution in [0.5, 0.6) is 0 Å². The third-order valence-electron chi connectivity index (χ3n) is 2.68. The molecular weight excluding hydrogens is 338 g/mol. The molecule has 0 unspecified atom stereocenters. The average Bonchev–Trinajstić information content (AvgIpc) is 3.15. The minimum atomic E-state index is -0.151. The van der Waals surface area contributed by atoms with Gasteiger partial charge in [-0.05, 0) is 0 Å². The zero-order chi connectivity index (χ0) is 15.4. The number of amides is 2. The van der Waals surface area contributed by atoms with Gasteiger partial charge in [-0.25, -0.2) is 4.98 Å². The molecule has 3 rings (SSSR count). The molecule has 0 atom stereocenters. The fraction of sp³-hybridized carbons (Fsp3) is 0.143. The Balaban J connectivity index is 1.55. The molecule has 0 fully saturated rings. The first-order valence-corrected chi connectivity index (χ1v) is 9.24. The number of aromatic nitrogens is 1. The summed E-state index contributed by atoms with van der Waals surface area (Å²) in [6.07, 6.45) is 0. The third kappa shape index (κ3) is 3.96. The number of nitrogens with zero attached hydrogens (tertiary/aromatic N) is 2. The highest BCUT2D eigenvalue weighted by Crippen LogP contribution is 2.26. The van der Waals surface area contributed by atoms with E-state index in [1.54, 1.807) is 0 Å². The largest absolute Gasteiger partial charge is 0.301 e. The van der Waals surface area contributed by atoms with E-state index >= 15 is 0 Å². The first-order chi connectivity index (χ1) is 10.7. The fourth-order valence-corrected chi connectivity index (χ4v) is 4.11. The summed E-state index contributed by atoms with van der Waals surface area (Å²) in [7, 11) is 0. The molecule has 2 heterocycles. The predicted molar refractivity (Wildman–Crippen MR) is 93.5 cm³/mol. The average molecular weight is 349 g/mol. The Labute approximate surface area is 139 Å². The number of aliphatic imine (C=N–C) groups is 1. The number of nitrogens with one attached hydrogen (secondary N) is 1. The summed E-state index contributed by atoms with van der Waals surface area (Å²) in [5.41, 5.74) is 1.86. The van der Waals surface area contributed by atoms with Gasteiger partial charge in [-0.3, -0.25) is 9.59 Å². The Bertz CT molecular complexity index is 728. The Hall–Kier alpha value is -1.64. The van der Waals surface area contributed by atoms with Crippen LogP contribution in [0.2, 0.25) is 0 Å². The summed E-state index contributed by atoms with van der Waals surface area (Å²) in [4.78, 5) is 31.1. The van der Waals surface area contributed by atoms with Gasteiger partial charge in [0.2, 0.25) is 5.91 Å². The van der Waals surface area contributed by atoms with E-state index < -0.39 is 0 Å². The molecule has 1 N–H and O–H groups in total. The molecule has 0 spiro atoms. The van der Waals surface area contributed by atoms with Crippen LogP contribution in [0.3, 0.4) is 0 Å². The first kappa shape index (κ1) is 15.3. The van der Waals surface area contributed by atoms with Gasteiger partial charge in [-0.2, -0.15) is 4.99 Å². The van der Waals surface area contributed by atoms with E-state index in [-0.39, 0.29) is 17.6 Å². The zero-order valence-electron chi connectivity index (χ0n) is 11.3. The van der Waals surface area contributed by atoms with Gasteiger partial charge < -0.3 is 5.32 Å². The van der Waals surface area contributed by atoms with Gasteiger partial charge in [-0.15, -0.1) is 11.3 Å². The van der Waals surface area contributed by atoms with E-state index in [0.29, 0.717) is 15.3 Å². The number of hydrogen-bond donors (Lipinski definition) is 1. The predicted octanol–water partition coefficient (Wildman–Crippen LogP) is 3.11. The molecule has 0 aliphatic carbocycles. The lowest BCUT2D eigenvalue weighted by atomic mass is 10.2. The molecule has 2 amide bonds.